The van der Waals surface area contributed by atoms with Crippen molar-refractivity contribution in [2.75, 3.05) is 13.2 Å². The molecule has 1 aromatic rings. The Morgan fingerprint density at radius 1 is 1.42 bits per heavy atom. The van der Waals surface area contributed by atoms with Gasteiger partial charge in [-0.15, -0.1) is 0 Å². The SMILES string of the molecule is CCc1nn(CC)c(CC(CN)(CO)C(C)C)c1Cl. The number of halogens is 1. The Bertz CT molecular complexity index is 411. The highest BCUT2D eigenvalue weighted by atomic mass is 35.5. The molecule has 1 atom stereocenters. The Balaban J connectivity index is 3.19. The van der Waals surface area contributed by atoms with Gasteiger partial charge in [-0.3, -0.25) is 4.68 Å². The average Bonchev–Trinajstić information content (AvgIpc) is 2.71. The standard InChI is InChI=1S/C14H26ClN3O/c1-5-11-13(15)12(18(6-2)17-11)7-14(8-16,9-19)10(3)4/h10,19H,5-9,16H2,1-4H3. The summed E-state index contributed by atoms with van der Waals surface area (Å²) in [7, 11) is 0. The molecule has 0 saturated heterocycles. The summed E-state index contributed by atoms with van der Waals surface area (Å²) < 4.78 is 1.93. The molecule has 1 unspecified atom stereocenters. The number of aliphatic hydroxyl groups is 1. The van der Waals surface area contributed by atoms with Crippen LogP contribution in [0, 0.1) is 11.3 Å². The van der Waals surface area contributed by atoms with E-state index in [0.29, 0.717) is 13.0 Å². The minimum absolute atomic E-state index is 0.0633. The highest BCUT2D eigenvalue weighted by Crippen LogP contribution is 2.34. The van der Waals surface area contributed by atoms with Crippen LogP contribution in [0.3, 0.4) is 0 Å². The summed E-state index contributed by atoms with van der Waals surface area (Å²) in [6, 6.07) is 0. The zero-order valence-corrected chi connectivity index (χ0v) is 13.2. The molecule has 0 aliphatic rings. The lowest BCUT2D eigenvalue weighted by atomic mass is 9.74. The van der Waals surface area contributed by atoms with Gasteiger partial charge < -0.3 is 10.8 Å². The zero-order valence-electron chi connectivity index (χ0n) is 12.4. The third-order valence-electron chi connectivity index (χ3n) is 4.16. The number of hydrogen-bond acceptors (Lipinski definition) is 3. The molecule has 1 heterocycles. The minimum atomic E-state index is -0.332. The maximum atomic E-state index is 9.77. The zero-order chi connectivity index (χ0) is 14.6. The first kappa shape index (κ1) is 16.5. The van der Waals surface area contributed by atoms with Crippen LogP contribution in [-0.4, -0.2) is 28.0 Å². The van der Waals surface area contributed by atoms with Gasteiger partial charge in [0.1, 0.15) is 0 Å². The fourth-order valence-electron chi connectivity index (χ4n) is 2.33. The van der Waals surface area contributed by atoms with Crippen LogP contribution in [0.4, 0.5) is 0 Å². The van der Waals surface area contributed by atoms with E-state index in [4.69, 9.17) is 17.3 Å². The summed E-state index contributed by atoms with van der Waals surface area (Å²) in [5.74, 6) is 0.281. The molecular weight excluding hydrogens is 262 g/mol. The predicted molar refractivity (Wildman–Crippen MR) is 79.4 cm³/mol. The maximum absolute atomic E-state index is 9.77. The molecule has 0 amide bonds. The maximum Gasteiger partial charge on any atom is 0.0850 e. The van der Waals surface area contributed by atoms with Crippen molar-refractivity contribution in [1.82, 2.24) is 9.78 Å². The molecule has 4 nitrogen and oxygen atoms in total. The lowest BCUT2D eigenvalue weighted by Gasteiger charge is -2.35. The van der Waals surface area contributed by atoms with Crippen molar-refractivity contribution in [3.8, 4) is 0 Å². The molecule has 0 radical (unpaired) electrons. The molecule has 0 aliphatic heterocycles. The molecule has 0 bridgehead atoms. The van der Waals surface area contributed by atoms with Crippen LogP contribution < -0.4 is 5.73 Å². The molecule has 0 spiro atoms. The van der Waals surface area contributed by atoms with Gasteiger partial charge in [0.25, 0.3) is 0 Å². The van der Waals surface area contributed by atoms with Gasteiger partial charge in [-0.2, -0.15) is 5.10 Å². The highest BCUT2D eigenvalue weighted by Gasteiger charge is 2.34. The molecule has 0 saturated carbocycles. The third-order valence-corrected chi connectivity index (χ3v) is 4.60. The third kappa shape index (κ3) is 3.12. The fourth-order valence-corrected chi connectivity index (χ4v) is 2.67. The summed E-state index contributed by atoms with van der Waals surface area (Å²) in [6.45, 7) is 9.54. The van der Waals surface area contributed by atoms with Crippen molar-refractivity contribution < 1.29 is 5.11 Å². The molecule has 0 aromatic carbocycles. The second-order valence-electron chi connectivity index (χ2n) is 5.43. The van der Waals surface area contributed by atoms with Gasteiger partial charge in [0.15, 0.2) is 0 Å². The number of nitrogens with two attached hydrogens (primary N) is 1. The second-order valence-corrected chi connectivity index (χ2v) is 5.81. The van der Waals surface area contributed by atoms with E-state index in [-0.39, 0.29) is 17.9 Å². The average molecular weight is 288 g/mol. The molecule has 110 valence electrons. The van der Waals surface area contributed by atoms with Crippen LogP contribution in [0.1, 0.15) is 39.1 Å². The number of aryl methyl sites for hydroxylation is 2. The number of rotatable bonds is 7. The van der Waals surface area contributed by atoms with Gasteiger partial charge in [-0.05, 0) is 19.3 Å². The first-order chi connectivity index (χ1) is 8.95. The number of hydrogen-bond donors (Lipinski definition) is 2. The summed E-state index contributed by atoms with van der Waals surface area (Å²) in [4.78, 5) is 0. The van der Waals surface area contributed by atoms with Gasteiger partial charge in [-0.1, -0.05) is 32.4 Å². The summed E-state index contributed by atoms with van der Waals surface area (Å²) in [6.07, 6.45) is 1.48. The normalized spacial score (nSPS) is 14.9. The molecule has 1 rings (SSSR count). The van der Waals surface area contributed by atoms with E-state index < -0.39 is 0 Å². The van der Waals surface area contributed by atoms with Gasteiger partial charge in [0, 0.05) is 24.9 Å². The molecule has 1 aromatic heterocycles. The molecule has 19 heavy (non-hydrogen) atoms. The number of nitrogens with zero attached hydrogens (tertiary/aromatic N) is 2. The topological polar surface area (TPSA) is 64.1 Å². The van der Waals surface area contributed by atoms with E-state index in [1.807, 2.05) is 18.5 Å². The monoisotopic (exact) mass is 287 g/mol. The van der Waals surface area contributed by atoms with Crippen molar-refractivity contribution in [2.45, 2.75) is 47.1 Å². The van der Waals surface area contributed by atoms with E-state index in [2.05, 4.69) is 18.9 Å². The Kier molecular flexibility index (Phi) is 5.83. The fraction of sp³-hybridized carbons (Fsp3) is 0.786. The van der Waals surface area contributed by atoms with Crippen LogP contribution in [-0.2, 0) is 19.4 Å². The van der Waals surface area contributed by atoms with Crippen LogP contribution in [0.15, 0.2) is 0 Å². The first-order valence-corrected chi connectivity index (χ1v) is 7.38. The molecule has 0 fully saturated rings. The molecular formula is C14H26ClN3O. The first-order valence-electron chi connectivity index (χ1n) is 7.00. The second kappa shape index (κ2) is 6.73. The van der Waals surface area contributed by atoms with E-state index in [1.165, 1.54) is 0 Å². The van der Waals surface area contributed by atoms with Gasteiger partial charge in [0.2, 0.25) is 0 Å². The van der Waals surface area contributed by atoms with Crippen molar-refractivity contribution in [3.63, 3.8) is 0 Å². The van der Waals surface area contributed by atoms with E-state index in [9.17, 15) is 5.11 Å². The van der Waals surface area contributed by atoms with Gasteiger partial charge >= 0.3 is 0 Å². The largest absolute Gasteiger partial charge is 0.396 e. The lowest BCUT2D eigenvalue weighted by molar-refractivity contribution is 0.0821. The number of aliphatic hydroxyl groups excluding tert-OH is 1. The Labute approximate surface area is 120 Å². The van der Waals surface area contributed by atoms with Crippen molar-refractivity contribution in [3.05, 3.63) is 16.4 Å². The van der Waals surface area contributed by atoms with E-state index in [0.717, 1.165) is 29.4 Å². The van der Waals surface area contributed by atoms with Crippen LogP contribution in [0.2, 0.25) is 5.02 Å². The van der Waals surface area contributed by atoms with Crippen molar-refractivity contribution in [2.24, 2.45) is 17.1 Å². The quantitative estimate of drug-likeness (QED) is 0.808. The molecule has 0 aliphatic carbocycles. The summed E-state index contributed by atoms with van der Waals surface area (Å²) >= 11 is 6.43. The summed E-state index contributed by atoms with van der Waals surface area (Å²) in [5, 5.41) is 15.0. The Morgan fingerprint density at radius 3 is 2.42 bits per heavy atom. The Hall–Kier alpha value is -0.580. The molecule has 5 heteroatoms. The lowest BCUT2D eigenvalue weighted by Crippen LogP contribution is -2.41. The molecule has 3 N–H and O–H groups in total. The van der Waals surface area contributed by atoms with Gasteiger partial charge in [-0.25, -0.2) is 0 Å². The predicted octanol–water partition coefficient (Wildman–Crippen LogP) is 2.25. The Morgan fingerprint density at radius 2 is 2.05 bits per heavy atom. The van der Waals surface area contributed by atoms with E-state index >= 15 is 0 Å². The van der Waals surface area contributed by atoms with Gasteiger partial charge in [0.05, 0.1) is 23.0 Å². The van der Waals surface area contributed by atoms with Crippen molar-refractivity contribution >= 4 is 11.6 Å². The smallest absolute Gasteiger partial charge is 0.0850 e. The highest BCUT2D eigenvalue weighted by molar-refractivity contribution is 6.31. The summed E-state index contributed by atoms with van der Waals surface area (Å²) in [5.41, 5.74) is 7.50. The van der Waals surface area contributed by atoms with Crippen LogP contribution >= 0.6 is 11.6 Å². The minimum Gasteiger partial charge on any atom is -0.396 e. The van der Waals surface area contributed by atoms with E-state index in [1.54, 1.807) is 0 Å². The number of aromatic nitrogens is 2. The van der Waals surface area contributed by atoms with Crippen molar-refractivity contribution in [1.29, 1.82) is 0 Å². The van der Waals surface area contributed by atoms with Crippen LogP contribution in [0.25, 0.3) is 0 Å². The van der Waals surface area contributed by atoms with Crippen LogP contribution in [0.5, 0.6) is 0 Å².